The molecule has 2 aliphatic rings. The number of alkyl halides is 1. The summed E-state index contributed by atoms with van der Waals surface area (Å²) in [5.41, 5.74) is -0.761. The highest BCUT2D eigenvalue weighted by Crippen LogP contribution is 2.46. The molecule has 0 spiro atoms. The van der Waals surface area contributed by atoms with Gasteiger partial charge in [0.2, 0.25) is 0 Å². The highest BCUT2D eigenvalue weighted by atomic mass is 127. The van der Waals surface area contributed by atoms with Crippen LogP contribution in [0.25, 0.3) is 0 Å². The van der Waals surface area contributed by atoms with Crippen molar-refractivity contribution in [2.75, 3.05) is 11.0 Å². The predicted molar refractivity (Wildman–Crippen MR) is 72.3 cm³/mol. The molecule has 96 valence electrons. The van der Waals surface area contributed by atoms with E-state index in [1.807, 2.05) is 20.8 Å². The second kappa shape index (κ2) is 4.10. The molecule has 0 aromatic carbocycles. The maximum Gasteiger partial charge on any atom is 0.410 e. The van der Waals surface area contributed by atoms with Crippen LogP contribution >= 0.6 is 22.6 Å². The fraction of sp³-hybridized carbons (Fsp3) is 0.833. The van der Waals surface area contributed by atoms with Crippen LogP contribution in [0.3, 0.4) is 0 Å². The summed E-state index contributed by atoms with van der Waals surface area (Å²) in [6.07, 6.45) is 1.04. The number of rotatable bonds is 1. The molecule has 1 aliphatic heterocycles. The van der Waals surface area contributed by atoms with Gasteiger partial charge < -0.3 is 9.64 Å². The van der Waals surface area contributed by atoms with Gasteiger partial charge in [-0.2, -0.15) is 0 Å². The number of carbonyl (C=O) groups is 2. The quantitative estimate of drug-likeness (QED) is 0.538. The zero-order valence-corrected chi connectivity index (χ0v) is 12.6. The van der Waals surface area contributed by atoms with Crippen LogP contribution in [-0.4, -0.2) is 39.4 Å². The molecule has 0 unspecified atom stereocenters. The number of hydrogen-bond donors (Lipinski definition) is 0. The van der Waals surface area contributed by atoms with Gasteiger partial charge in [-0.25, -0.2) is 4.79 Å². The van der Waals surface area contributed by atoms with Crippen molar-refractivity contribution in [2.24, 2.45) is 5.41 Å². The summed E-state index contributed by atoms with van der Waals surface area (Å²) in [7, 11) is 0. The van der Waals surface area contributed by atoms with Gasteiger partial charge in [-0.1, -0.05) is 22.6 Å². The van der Waals surface area contributed by atoms with E-state index in [0.29, 0.717) is 18.7 Å². The maximum absolute atomic E-state index is 12.0. The number of ketones is 1. The number of halogens is 1. The number of likely N-dealkylation sites (tertiary alicyclic amines) is 1. The first kappa shape index (κ1) is 13.1. The van der Waals surface area contributed by atoms with Crippen molar-refractivity contribution < 1.29 is 14.3 Å². The molecule has 2 bridgehead atoms. The lowest BCUT2D eigenvalue weighted by molar-refractivity contribution is -0.126. The average Bonchev–Trinajstić information content (AvgIpc) is 2.69. The van der Waals surface area contributed by atoms with Crippen molar-refractivity contribution in [2.45, 2.75) is 45.3 Å². The number of piperidine rings is 1. The van der Waals surface area contributed by atoms with E-state index >= 15 is 0 Å². The largest absolute Gasteiger partial charge is 0.444 e. The number of amides is 1. The van der Waals surface area contributed by atoms with Gasteiger partial charge in [0.1, 0.15) is 11.4 Å². The van der Waals surface area contributed by atoms with Crippen LogP contribution in [0, 0.1) is 5.41 Å². The van der Waals surface area contributed by atoms with Crippen molar-refractivity contribution in [3.05, 3.63) is 0 Å². The van der Waals surface area contributed by atoms with E-state index in [4.69, 9.17) is 4.74 Å². The van der Waals surface area contributed by atoms with Crippen LogP contribution in [0.5, 0.6) is 0 Å². The monoisotopic (exact) mass is 351 g/mol. The molecular formula is C12H18INO3. The number of nitrogens with zero attached hydrogens (tertiary/aromatic N) is 1. The van der Waals surface area contributed by atoms with Gasteiger partial charge in [0.05, 0.1) is 5.41 Å². The smallest absolute Gasteiger partial charge is 0.410 e. The van der Waals surface area contributed by atoms with Crippen LogP contribution in [0.1, 0.15) is 33.6 Å². The molecule has 1 heterocycles. The summed E-state index contributed by atoms with van der Waals surface area (Å²) in [6, 6.07) is 0.0621. The molecule has 0 aromatic heterocycles. The average molecular weight is 351 g/mol. The van der Waals surface area contributed by atoms with Crippen LogP contribution in [0.4, 0.5) is 4.79 Å². The van der Waals surface area contributed by atoms with Crippen molar-refractivity contribution >= 4 is 34.5 Å². The predicted octanol–water partition coefficient (Wildman–Crippen LogP) is 2.39. The van der Waals surface area contributed by atoms with Gasteiger partial charge in [-0.3, -0.25) is 4.79 Å². The molecule has 1 saturated carbocycles. The summed E-state index contributed by atoms with van der Waals surface area (Å²) in [4.78, 5) is 25.6. The minimum Gasteiger partial charge on any atom is -0.444 e. The van der Waals surface area contributed by atoms with Gasteiger partial charge in [-0.15, -0.1) is 0 Å². The minimum absolute atomic E-state index is 0.0621. The van der Waals surface area contributed by atoms with Gasteiger partial charge in [-0.05, 0) is 27.2 Å². The van der Waals surface area contributed by atoms with Gasteiger partial charge in [0.25, 0.3) is 0 Å². The van der Waals surface area contributed by atoms with Gasteiger partial charge in [0, 0.05) is 23.4 Å². The Morgan fingerprint density at radius 3 is 2.71 bits per heavy atom. The fourth-order valence-electron chi connectivity index (χ4n) is 2.60. The van der Waals surface area contributed by atoms with E-state index in [0.717, 1.165) is 10.8 Å². The number of hydrogen-bond acceptors (Lipinski definition) is 3. The first-order chi connectivity index (χ1) is 7.77. The van der Waals surface area contributed by atoms with Crippen molar-refractivity contribution in [1.29, 1.82) is 0 Å². The van der Waals surface area contributed by atoms with Gasteiger partial charge >= 0.3 is 6.09 Å². The lowest BCUT2D eigenvalue weighted by atomic mass is 9.89. The van der Waals surface area contributed by atoms with E-state index in [2.05, 4.69) is 22.6 Å². The van der Waals surface area contributed by atoms with E-state index in [-0.39, 0.29) is 17.6 Å². The molecule has 0 N–H and O–H groups in total. The Bertz CT molecular complexity index is 363. The molecule has 1 amide bonds. The Labute approximate surface area is 115 Å². The van der Waals surface area contributed by atoms with E-state index in [1.54, 1.807) is 4.90 Å². The van der Waals surface area contributed by atoms with Crippen LogP contribution in [-0.2, 0) is 9.53 Å². The SMILES string of the molecule is CC(C)(C)OC(=O)N1C[C@]2(CI)C[C@H]1CC2=O. The third-order valence-corrected chi connectivity index (χ3v) is 4.90. The number of Topliss-reactive ketones (excluding diaryl/α,β-unsaturated/α-hetero) is 1. The number of carbonyl (C=O) groups excluding carboxylic acids is 2. The first-order valence-corrected chi connectivity index (χ1v) is 7.39. The maximum atomic E-state index is 12.0. The van der Waals surface area contributed by atoms with E-state index < -0.39 is 5.60 Å². The first-order valence-electron chi connectivity index (χ1n) is 5.86. The molecule has 2 fully saturated rings. The zero-order valence-electron chi connectivity index (χ0n) is 10.5. The highest BCUT2D eigenvalue weighted by Gasteiger charge is 2.56. The van der Waals surface area contributed by atoms with Crippen molar-refractivity contribution in [3.63, 3.8) is 0 Å². The lowest BCUT2D eigenvalue weighted by Gasteiger charge is -2.32. The lowest BCUT2D eigenvalue weighted by Crippen LogP contribution is -2.46. The molecule has 2 rings (SSSR count). The summed E-state index contributed by atoms with van der Waals surface area (Å²) >= 11 is 2.25. The summed E-state index contributed by atoms with van der Waals surface area (Å²) in [5.74, 6) is 0.316. The zero-order chi connectivity index (χ0) is 12.8. The molecule has 5 heteroatoms. The molecule has 0 aromatic rings. The molecular weight excluding hydrogens is 333 g/mol. The summed E-state index contributed by atoms with van der Waals surface area (Å²) in [5, 5.41) is 0. The topological polar surface area (TPSA) is 46.6 Å². The fourth-order valence-corrected chi connectivity index (χ4v) is 3.58. The van der Waals surface area contributed by atoms with Crippen LogP contribution < -0.4 is 0 Å². The standard InChI is InChI=1S/C12H18INO3/c1-11(2,3)17-10(16)14-7-12(6-13)5-8(14)4-9(12)15/h8H,4-7H2,1-3H3/t8-,12-/m1/s1. The molecule has 1 saturated heterocycles. The Kier molecular flexibility index (Phi) is 3.16. The Morgan fingerprint density at radius 2 is 2.24 bits per heavy atom. The Hall–Kier alpha value is -0.330. The number of ether oxygens (including phenoxy) is 1. The summed E-state index contributed by atoms with van der Waals surface area (Å²) in [6.45, 7) is 6.11. The Morgan fingerprint density at radius 1 is 1.59 bits per heavy atom. The molecule has 0 radical (unpaired) electrons. The third-order valence-electron chi connectivity index (χ3n) is 3.44. The second-order valence-electron chi connectivity index (χ2n) is 6.01. The van der Waals surface area contributed by atoms with E-state index in [1.165, 1.54) is 0 Å². The second-order valence-corrected chi connectivity index (χ2v) is 6.77. The van der Waals surface area contributed by atoms with Crippen molar-refractivity contribution in [3.8, 4) is 0 Å². The third kappa shape index (κ3) is 2.30. The summed E-state index contributed by atoms with van der Waals surface area (Å²) < 4.78 is 6.16. The minimum atomic E-state index is -0.472. The molecule has 4 nitrogen and oxygen atoms in total. The van der Waals surface area contributed by atoms with Crippen LogP contribution in [0.2, 0.25) is 0 Å². The van der Waals surface area contributed by atoms with Gasteiger partial charge in [0.15, 0.2) is 0 Å². The number of fused-ring (bicyclic) bond motifs is 2. The molecule has 1 aliphatic carbocycles. The normalized spacial score (nSPS) is 32.1. The van der Waals surface area contributed by atoms with Crippen LogP contribution in [0.15, 0.2) is 0 Å². The molecule has 17 heavy (non-hydrogen) atoms. The highest BCUT2D eigenvalue weighted by molar-refractivity contribution is 14.1. The molecule has 2 atom stereocenters. The van der Waals surface area contributed by atoms with E-state index in [9.17, 15) is 9.59 Å². The van der Waals surface area contributed by atoms with Crippen molar-refractivity contribution in [1.82, 2.24) is 4.90 Å². The Balaban J connectivity index is 2.08.